The van der Waals surface area contributed by atoms with Crippen molar-refractivity contribution in [3.63, 3.8) is 0 Å². The predicted molar refractivity (Wildman–Crippen MR) is 161 cm³/mol. The topological polar surface area (TPSA) is 143 Å². The minimum Gasteiger partial charge on any atom is -0.464 e. The quantitative estimate of drug-likeness (QED) is 0.0517. The summed E-state index contributed by atoms with van der Waals surface area (Å²) in [7, 11) is -1.03. The van der Waals surface area contributed by atoms with Gasteiger partial charge in [0, 0.05) is 20.1 Å². The van der Waals surface area contributed by atoms with Gasteiger partial charge in [-0.25, -0.2) is 4.98 Å². The van der Waals surface area contributed by atoms with E-state index in [2.05, 4.69) is 32.9 Å². The summed E-state index contributed by atoms with van der Waals surface area (Å²) in [6, 6.07) is -0.828. The van der Waals surface area contributed by atoms with Crippen LogP contribution in [0.4, 0.5) is 10.2 Å². The van der Waals surface area contributed by atoms with E-state index in [1.807, 2.05) is 0 Å². The van der Waals surface area contributed by atoms with Crippen LogP contribution in [0.1, 0.15) is 97.3 Å². The Bertz CT molecular complexity index is 1160. The third-order valence-corrected chi connectivity index (χ3v) is 8.15. The number of rotatable bonds is 23. The molecule has 42 heavy (non-hydrogen) atoms. The number of unbranched alkanes of at least 4 members (excludes halogenated alkanes) is 11. The number of anilines is 1. The maximum atomic E-state index is 13.6. The molecule has 2 aromatic rings. The average molecular weight is 610 g/mol. The largest absolute Gasteiger partial charge is 0.613 e. The van der Waals surface area contributed by atoms with E-state index < -0.39 is 31.9 Å². The predicted octanol–water partition coefficient (Wildman–Crippen LogP) is 5.85. The number of imidazole rings is 1. The van der Waals surface area contributed by atoms with Gasteiger partial charge in [-0.05, 0) is 17.9 Å². The van der Waals surface area contributed by atoms with Gasteiger partial charge >= 0.3 is 20.2 Å². The van der Waals surface area contributed by atoms with E-state index in [9.17, 15) is 13.8 Å². The van der Waals surface area contributed by atoms with Gasteiger partial charge in [-0.2, -0.15) is 14.4 Å². The van der Waals surface area contributed by atoms with Crippen molar-refractivity contribution in [1.29, 1.82) is 0 Å². The van der Waals surface area contributed by atoms with Gasteiger partial charge in [-0.15, -0.1) is 10.9 Å². The smallest absolute Gasteiger partial charge is 0.464 e. The number of carbonyl (C=O) groups is 1. The van der Waals surface area contributed by atoms with Crippen LogP contribution >= 0.6 is 8.18 Å². The average Bonchev–Trinajstić information content (AvgIpc) is 3.38. The van der Waals surface area contributed by atoms with Crippen molar-refractivity contribution in [2.45, 2.75) is 116 Å². The van der Waals surface area contributed by atoms with Crippen molar-refractivity contribution in [1.82, 2.24) is 24.6 Å². The Hall–Kier alpha value is -2.71. The number of nitrogens with two attached hydrogens (primary N) is 1. The molecule has 0 aliphatic heterocycles. The third-order valence-electron chi connectivity index (χ3n) is 7.18. The number of hydrogen-bond acceptors (Lipinski definition) is 9. The highest BCUT2D eigenvalue weighted by Crippen LogP contribution is 2.26. The lowest BCUT2D eigenvalue weighted by molar-refractivity contribution is -0.145. The Balaban J connectivity index is 1.64. The molecule has 13 heteroatoms. The van der Waals surface area contributed by atoms with Crippen molar-refractivity contribution in [3.8, 4) is 12.3 Å². The second-order valence-electron chi connectivity index (χ2n) is 10.5. The van der Waals surface area contributed by atoms with Crippen LogP contribution in [-0.2, 0) is 29.9 Å². The Morgan fingerprint density at radius 2 is 1.76 bits per heavy atom. The van der Waals surface area contributed by atoms with Crippen LogP contribution < -0.4 is 10.8 Å². The highest BCUT2D eigenvalue weighted by molar-refractivity contribution is 7.36. The zero-order valence-electron chi connectivity index (χ0n) is 25.3. The Labute approximate surface area is 249 Å². The summed E-state index contributed by atoms with van der Waals surface area (Å²) < 4.78 is 44.0. The van der Waals surface area contributed by atoms with Crippen LogP contribution in [0.3, 0.4) is 0 Å². The molecular formula is C29H47FN6O5P+. The maximum absolute atomic E-state index is 13.6. The number of nitrogen functional groups attached to an aromatic ring is 1. The molecule has 0 saturated heterocycles. The van der Waals surface area contributed by atoms with E-state index in [0.717, 1.165) is 19.3 Å². The molecule has 2 rings (SSSR count). The number of nitrogens with zero attached hydrogens (tertiary/aromatic N) is 4. The zero-order valence-corrected chi connectivity index (χ0v) is 26.2. The highest BCUT2D eigenvalue weighted by atomic mass is 31.1. The maximum Gasteiger partial charge on any atom is 0.613 e. The number of terminal acetylenes is 1. The molecule has 0 amide bonds. The summed E-state index contributed by atoms with van der Waals surface area (Å²) in [5.41, 5.74) is 4.94. The Morgan fingerprint density at radius 1 is 1.14 bits per heavy atom. The number of carbonyl (C=O) groups excluding carboxylic acids is 1. The molecule has 0 spiro atoms. The molecule has 0 radical (unpaired) electrons. The first kappa shape index (κ1) is 35.5. The Kier molecular flexibility index (Phi) is 16.5. The molecule has 3 atom stereocenters. The molecule has 0 saturated carbocycles. The van der Waals surface area contributed by atoms with Crippen molar-refractivity contribution in [2.24, 2.45) is 0 Å². The lowest BCUT2D eigenvalue weighted by Crippen LogP contribution is -2.37. The number of ether oxygens (including phenoxy) is 2. The molecular weight excluding hydrogens is 562 g/mol. The van der Waals surface area contributed by atoms with Crippen LogP contribution in [0.15, 0.2) is 6.33 Å². The second-order valence-corrected chi connectivity index (χ2v) is 11.5. The molecule has 3 N–H and O–H groups in total. The monoisotopic (exact) mass is 609 g/mol. The molecule has 11 nitrogen and oxygen atoms in total. The highest BCUT2D eigenvalue weighted by Gasteiger charge is 2.35. The van der Waals surface area contributed by atoms with Gasteiger partial charge in [0.15, 0.2) is 17.1 Å². The summed E-state index contributed by atoms with van der Waals surface area (Å²) in [5, 5.41) is 2.60. The number of aryl methyl sites for hydroxylation is 1. The number of methoxy groups -OCH3 is 1. The number of hydrogen-bond donors (Lipinski definition) is 2. The first-order valence-corrected chi connectivity index (χ1v) is 16.1. The van der Waals surface area contributed by atoms with E-state index >= 15 is 0 Å². The SMILES string of the molecule is C#C[C@](CCn1cnc2c(N)nc(F)nc21)(CO[P+](=O)N[C@@H](C)C(=O)OCCCCCCCCCCCCCC)OC. The summed E-state index contributed by atoms with van der Waals surface area (Å²) >= 11 is 0. The van der Waals surface area contributed by atoms with Gasteiger partial charge in [0.2, 0.25) is 0 Å². The van der Waals surface area contributed by atoms with E-state index in [4.69, 9.17) is 26.2 Å². The fourth-order valence-electron chi connectivity index (χ4n) is 4.46. The van der Waals surface area contributed by atoms with Gasteiger partial charge < -0.3 is 19.8 Å². The van der Waals surface area contributed by atoms with Crippen LogP contribution in [-0.4, -0.2) is 57.5 Å². The van der Waals surface area contributed by atoms with Gasteiger partial charge in [-0.1, -0.05) is 88.6 Å². The molecule has 1 unspecified atom stereocenters. The molecule has 2 aromatic heterocycles. The standard InChI is InChI=1S/C29H47FN6O5P/c1-5-7-8-9-10-11-12-13-14-15-16-17-20-40-27(37)23(3)35-42(38)41-21-29(6-2,39-4)18-19-36-22-32-24-25(31)33-28(30)34-26(24)36/h2,22-23H,5,7-21H2,1,3-4H3,(H,35,38)(H2,31,33,34)/q+1/t23-,29-/m0/s1. The normalized spacial score (nSPS) is 13.9. The summed E-state index contributed by atoms with van der Waals surface area (Å²) in [6.45, 7) is 4.14. The third kappa shape index (κ3) is 12.3. The fourth-order valence-corrected chi connectivity index (χ4v) is 5.28. The van der Waals surface area contributed by atoms with Crippen LogP contribution in [0.25, 0.3) is 11.2 Å². The van der Waals surface area contributed by atoms with E-state index in [1.165, 1.54) is 71.2 Å². The van der Waals surface area contributed by atoms with Crippen LogP contribution in [0.2, 0.25) is 0 Å². The van der Waals surface area contributed by atoms with Crippen molar-refractivity contribution in [3.05, 3.63) is 12.4 Å². The first-order chi connectivity index (χ1) is 20.2. The van der Waals surface area contributed by atoms with Crippen LogP contribution in [0.5, 0.6) is 0 Å². The molecule has 2 heterocycles. The Morgan fingerprint density at radius 3 is 2.36 bits per heavy atom. The second kappa shape index (κ2) is 19.5. The van der Waals surface area contributed by atoms with Gasteiger partial charge in [0.05, 0.1) is 12.9 Å². The number of nitrogens with one attached hydrogen (secondary N) is 1. The summed E-state index contributed by atoms with van der Waals surface area (Å²) in [4.78, 5) is 23.6. The lowest BCUT2D eigenvalue weighted by Gasteiger charge is -2.24. The number of esters is 1. The van der Waals surface area contributed by atoms with Gasteiger partial charge in [0.1, 0.15) is 18.2 Å². The van der Waals surface area contributed by atoms with Crippen molar-refractivity contribution >= 4 is 31.1 Å². The summed E-state index contributed by atoms with van der Waals surface area (Å²) in [6.07, 6.45) is 21.1. The van der Waals surface area contributed by atoms with Gasteiger partial charge in [0.25, 0.3) is 0 Å². The van der Waals surface area contributed by atoms with E-state index in [0.29, 0.717) is 6.61 Å². The van der Waals surface area contributed by atoms with Crippen LogP contribution in [0, 0.1) is 18.4 Å². The number of aromatic nitrogens is 4. The zero-order chi connectivity index (χ0) is 30.8. The molecule has 0 aliphatic rings. The minimum absolute atomic E-state index is 0.0701. The fraction of sp³-hybridized carbons (Fsp3) is 0.724. The minimum atomic E-state index is -2.44. The molecule has 0 bridgehead atoms. The summed E-state index contributed by atoms with van der Waals surface area (Å²) in [5.74, 6) is 1.97. The number of halogens is 1. The van der Waals surface area contributed by atoms with Crippen molar-refractivity contribution < 1.29 is 27.7 Å². The molecule has 0 aliphatic carbocycles. The van der Waals surface area contributed by atoms with E-state index in [-0.39, 0.29) is 36.6 Å². The number of fused-ring (bicyclic) bond motifs is 1. The lowest BCUT2D eigenvalue weighted by atomic mass is 10.0. The van der Waals surface area contributed by atoms with Gasteiger partial charge in [-0.3, -0.25) is 4.79 Å². The molecule has 0 aromatic carbocycles. The van der Waals surface area contributed by atoms with E-state index in [1.54, 1.807) is 11.5 Å². The van der Waals surface area contributed by atoms with Crippen molar-refractivity contribution in [2.75, 3.05) is 26.1 Å². The first-order valence-electron chi connectivity index (χ1n) is 14.9. The molecule has 234 valence electrons. The molecule has 0 fully saturated rings.